The van der Waals surface area contributed by atoms with Crippen molar-refractivity contribution in [1.29, 1.82) is 0 Å². The highest BCUT2D eigenvalue weighted by molar-refractivity contribution is 9.11. The van der Waals surface area contributed by atoms with Gasteiger partial charge in [0.05, 0.1) is 0 Å². The molecule has 3 heteroatoms. The molecule has 1 aromatic carbocycles. The van der Waals surface area contributed by atoms with E-state index in [0.717, 1.165) is 14.7 Å². The molecule has 0 aliphatic carbocycles. The van der Waals surface area contributed by atoms with Crippen LogP contribution in [0.1, 0.15) is 5.56 Å². The topological polar surface area (TPSA) is 0 Å². The van der Waals surface area contributed by atoms with Crippen molar-refractivity contribution in [1.82, 2.24) is 0 Å². The molecule has 0 radical (unpaired) electrons. The molecular formula is C9H8Br2S. The molecular weight excluding hydrogens is 300 g/mol. The van der Waals surface area contributed by atoms with Crippen LogP contribution in [0.2, 0.25) is 0 Å². The second-order valence-corrected chi connectivity index (χ2v) is 4.48. The van der Waals surface area contributed by atoms with E-state index < -0.39 is 0 Å². The normalized spacial score (nSPS) is 10.9. The standard InChI is InChI=1S/C9H8Br2S/c10-8-4-7(2-1-3-12)5-9(11)6-8/h1-2,4-6,12H,3H2. The fourth-order valence-corrected chi connectivity index (χ4v) is 2.29. The Labute approximate surface area is 94.7 Å². The summed E-state index contributed by atoms with van der Waals surface area (Å²) < 4.78 is 2.16. The number of hydrogen-bond acceptors (Lipinski definition) is 1. The highest BCUT2D eigenvalue weighted by Gasteiger charge is 1.92. The molecule has 1 aromatic rings. The minimum atomic E-state index is 0.768. The van der Waals surface area contributed by atoms with Crippen LogP contribution in [0.25, 0.3) is 6.08 Å². The van der Waals surface area contributed by atoms with Crippen LogP contribution < -0.4 is 0 Å². The zero-order valence-corrected chi connectivity index (χ0v) is 10.4. The molecule has 0 saturated carbocycles. The van der Waals surface area contributed by atoms with Gasteiger partial charge in [-0.25, -0.2) is 0 Å². The third kappa shape index (κ3) is 3.33. The summed E-state index contributed by atoms with van der Waals surface area (Å²) in [6.45, 7) is 0. The summed E-state index contributed by atoms with van der Waals surface area (Å²) in [6, 6.07) is 6.13. The van der Waals surface area contributed by atoms with Crippen LogP contribution >= 0.6 is 44.5 Å². The van der Waals surface area contributed by atoms with Gasteiger partial charge >= 0.3 is 0 Å². The van der Waals surface area contributed by atoms with Crippen LogP contribution in [0.5, 0.6) is 0 Å². The Morgan fingerprint density at radius 3 is 2.25 bits per heavy atom. The summed E-state index contributed by atoms with van der Waals surface area (Å²) in [4.78, 5) is 0. The fourth-order valence-electron chi connectivity index (χ4n) is 0.860. The molecule has 0 aliphatic heterocycles. The molecule has 0 spiro atoms. The number of halogens is 2. The summed E-state index contributed by atoms with van der Waals surface area (Å²) >= 11 is 10.9. The lowest BCUT2D eigenvalue weighted by atomic mass is 10.2. The molecule has 0 amide bonds. The zero-order valence-electron chi connectivity index (χ0n) is 6.30. The van der Waals surface area contributed by atoms with Crippen LogP contribution in [0.3, 0.4) is 0 Å². The van der Waals surface area contributed by atoms with Crippen LogP contribution in [0.4, 0.5) is 0 Å². The first-order valence-electron chi connectivity index (χ1n) is 3.46. The first-order chi connectivity index (χ1) is 5.72. The highest BCUT2D eigenvalue weighted by Crippen LogP contribution is 2.20. The van der Waals surface area contributed by atoms with Crippen LogP contribution in [0, 0.1) is 0 Å². The average Bonchev–Trinajstić information content (AvgIpc) is 1.99. The highest BCUT2D eigenvalue weighted by atomic mass is 79.9. The van der Waals surface area contributed by atoms with Gasteiger partial charge in [0.1, 0.15) is 0 Å². The Morgan fingerprint density at radius 2 is 1.75 bits per heavy atom. The summed E-state index contributed by atoms with van der Waals surface area (Å²) in [5, 5.41) is 0. The summed E-state index contributed by atoms with van der Waals surface area (Å²) in [5.41, 5.74) is 1.17. The van der Waals surface area contributed by atoms with Crippen molar-refractivity contribution in [3.8, 4) is 0 Å². The molecule has 0 N–H and O–H groups in total. The SMILES string of the molecule is SCC=Cc1cc(Br)cc(Br)c1. The van der Waals surface area contributed by atoms with Gasteiger partial charge in [-0.15, -0.1) is 0 Å². The Balaban J connectivity index is 2.93. The lowest BCUT2D eigenvalue weighted by molar-refractivity contribution is 1.56. The molecule has 0 atom stereocenters. The molecule has 0 bridgehead atoms. The van der Waals surface area contributed by atoms with Crippen LogP contribution in [-0.2, 0) is 0 Å². The molecule has 0 unspecified atom stereocenters. The smallest absolute Gasteiger partial charge is 0.0192 e. The molecule has 64 valence electrons. The minimum Gasteiger partial charge on any atom is -0.175 e. The maximum Gasteiger partial charge on any atom is 0.0192 e. The largest absolute Gasteiger partial charge is 0.175 e. The third-order valence-electron chi connectivity index (χ3n) is 1.30. The Hall–Kier alpha value is 0.270. The molecule has 0 heterocycles. The van der Waals surface area contributed by atoms with Crippen LogP contribution in [-0.4, -0.2) is 5.75 Å². The average molecular weight is 308 g/mol. The lowest BCUT2D eigenvalue weighted by Crippen LogP contribution is -1.74. The van der Waals surface area contributed by atoms with Crippen molar-refractivity contribution >= 4 is 50.6 Å². The van der Waals surface area contributed by atoms with Crippen molar-refractivity contribution in [2.45, 2.75) is 0 Å². The summed E-state index contributed by atoms with van der Waals surface area (Å²) in [7, 11) is 0. The Bertz CT molecular complexity index is 274. The molecule has 1 rings (SSSR count). The Kier molecular flexibility index (Phi) is 4.40. The van der Waals surface area contributed by atoms with Gasteiger partial charge in [-0.05, 0) is 23.8 Å². The quantitative estimate of drug-likeness (QED) is 0.780. The van der Waals surface area contributed by atoms with E-state index in [0.29, 0.717) is 0 Å². The molecule has 0 aromatic heterocycles. The van der Waals surface area contributed by atoms with Gasteiger partial charge in [0.25, 0.3) is 0 Å². The van der Waals surface area contributed by atoms with E-state index in [1.807, 2.05) is 18.2 Å². The monoisotopic (exact) mass is 306 g/mol. The van der Waals surface area contributed by atoms with Crippen molar-refractivity contribution in [2.24, 2.45) is 0 Å². The van der Waals surface area contributed by atoms with E-state index in [9.17, 15) is 0 Å². The summed E-state index contributed by atoms with van der Waals surface area (Å²) in [6.07, 6.45) is 4.06. The minimum absolute atomic E-state index is 0.768. The summed E-state index contributed by atoms with van der Waals surface area (Å²) in [5.74, 6) is 0.768. The van der Waals surface area contributed by atoms with Crippen molar-refractivity contribution in [2.75, 3.05) is 5.75 Å². The Morgan fingerprint density at radius 1 is 1.17 bits per heavy atom. The van der Waals surface area contributed by atoms with E-state index in [1.165, 1.54) is 5.56 Å². The molecule has 0 fully saturated rings. The molecule has 0 saturated heterocycles. The number of hydrogen-bond donors (Lipinski definition) is 1. The predicted octanol–water partition coefficient (Wildman–Crippen LogP) is 4.15. The molecule has 12 heavy (non-hydrogen) atoms. The molecule has 0 aliphatic rings. The second kappa shape index (κ2) is 5.10. The van der Waals surface area contributed by atoms with E-state index in [1.54, 1.807) is 0 Å². The number of benzene rings is 1. The zero-order chi connectivity index (χ0) is 8.97. The maximum atomic E-state index is 4.09. The maximum absolute atomic E-state index is 4.09. The first kappa shape index (κ1) is 10.4. The fraction of sp³-hybridized carbons (Fsp3) is 0.111. The van der Waals surface area contributed by atoms with E-state index in [2.05, 4.69) is 56.6 Å². The van der Waals surface area contributed by atoms with E-state index in [4.69, 9.17) is 0 Å². The second-order valence-electron chi connectivity index (χ2n) is 2.29. The van der Waals surface area contributed by atoms with Gasteiger partial charge in [0.2, 0.25) is 0 Å². The van der Waals surface area contributed by atoms with Crippen molar-refractivity contribution < 1.29 is 0 Å². The third-order valence-corrected chi connectivity index (χ3v) is 2.43. The van der Waals surface area contributed by atoms with Gasteiger partial charge in [-0.3, -0.25) is 0 Å². The van der Waals surface area contributed by atoms with Crippen LogP contribution in [0.15, 0.2) is 33.2 Å². The first-order valence-corrected chi connectivity index (χ1v) is 5.67. The van der Waals surface area contributed by atoms with Gasteiger partial charge in [-0.1, -0.05) is 44.0 Å². The van der Waals surface area contributed by atoms with Crippen molar-refractivity contribution in [3.05, 3.63) is 38.8 Å². The molecule has 0 nitrogen and oxygen atoms in total. The lowest BCUT2D eigenvalue weighted by Gasteiger charge is -1.96. The van der Waals surface area contributed by atoms with Crippen molar-refractivity contribution in [3.63, 3.8) is 0 Å². The number of thiol groups is 1. The predicted molar refractivity (Wildman–Crippen MR) is 64.7 cm³/mol. The van der Waals surface area contributed by atoms with E-state index in [-0.39, 0.29) is 0 Å². The van der Waals surface area contributed by atoms with E-state index >= 15 is 0 Å². The van der Waals surface area contributed by atoms with Gasteiger partial charge in [-0.2, -0.15) is 12.6 Å². The van der Waals surface area contributed by atoms with Gasteiger partial charge in [0, 0.05) is 14.7 Å². The number of rotatable bonds is 2. The van der Waals surface area contributed by atoms with Gasteiger partial charge in [0.15, 0.2) is 0 Å². The van der Waals surface area contributed by atoms with Gasteiger partial charge < -0.3 is 0 Å².